The zero-order chi connectivity index (χ0) is 14.9. The van der Waals surface area contributed by atoms with E-state index in [1.54, 1.807) is 11.4 Å². The Hall–Kier alpha value is -0.170. The highest BCUT2D eigenvalue weighted by Crippen LogP contribution is 2.15. The molecule has 0 amide bonds. The van der Waals surface area contributed by atoms with E-state index < -0.39 is 10.2 Å². The Balaban J connectivity index is 4.75. The molecule has 19 heavy (non-hydrogen) atoms. The smallest absolute Gasteiger partial charge is 0.281 e. The van der Waals surface area contributed by atoms with Crippen molar-refractivity contribution in [3.8, 4) is 0 Å². The zero-order valence-electron chi connectivity index (χ0n) is 13.1. The molecule has 0 aliphatic carbocycles. The van der Waals surface area contributed by atoms with Crippen LogP contribution in [0.3, 0.4) is 0 Å². The van der Waals surface area contributed by atoms with E-state index >= 15 is 0 Å². The lowest BCUT2D eigenvalue weighted by Gasteiger charge is -2.31. The van der Waals surface area contributed by atoms with Crippen LogP contribution in [0, 0.1) is 0 Å². The van der Waals surface area contributed by atoms with Gasteiger partial charge in [-0.05, 0) is 39.8 Å². The topological polar surface area (TPSA) is 52.7 Å². The molecule has 0 saturated carbocycles. The third-order valence-electron chi connectivity index (χ3n) is 3.40. The molecule has 1 unspecified atom stereocenters. The van der Waals surface area contributed by atoms with E-state index in [1.165, 1.54) is 4.31 Å². The highest BCUT2D eigenvalue weighted by atomic mass is 32.2. The number of nitrogens with one attached hydrogen (secondary N) is 1. The van der Waals surface area contributed by atoms with Crippen LogP contribution in [-0.2, 0) is 10.2 Å². The van der Waals surface area contributed by atoms with Gasteiger partial charge in [0.05, 0.1) is 0 Å². The van der Waals surface area contributed by atoms with Gasteiger partial charge in [0.15, 0.2) is 0 Å². The van der Waals surface area contributed by atoms with Gasteiger partial charge in [0.1, 0.15) is 0 Å². The van der Waals surface area contributed by atoms with Crippen molar-refractivity contribution < 1.29 is 8.42 Å². The van der Waals surface area contributed by atoms with Crippen LogP contribution in [0.2, 0.25) is 0 Å². The first-order chi connectivity index (χ1) is 8.91. The fourth-order valence-electron chi connectivity index (χ4n) is 1.85. The highest BCUT2D eigenvalue weighted by Gasteiger charge is 2.29. The molecule has 0 rings (SSSR count). The van der Waals surface area contributed by atoms with Crippen molar-refractivity contribution in [3.05, 3.63) is 0 Å². The Morgan fingerprint density at radius 1 is 1.16 bits per heavy atom. The lowest BCUT2D eigenvalue weighted by atomic mass is 10.2. The van der Waals surface area contributed by atoms with Gasteiger partial charge in [-0.2, -0.15) is 17.0 Å². The van der Waals surface area contributed by atoms with E-state index in [1.807, 2.05) is 20.9 Å². The maximum Gasteiger partial charge on any atom is 0.281 e. The molecular weight excluding hydrogens is 262 g/mol. The standard InChI is InChI=1S/C13H31N3O2S/c1-6-8-12-16(13(3)7-2)19(17,18)15(5)11-9-10-14-4/h13-14H,6-12H2,1-5H3. The van der Waals surface area contributed by atoms with Crippen molar-refractivity contribution >= 4 is 10.2 Å². The molecule has 0 heterocycles. The molecule has 0 aromatic carbocycles. The molecule has 1 N–H and O–H groups in total. The molecule has 0 radical (unpaired) electrons. The molecule has 116 valence electrons. The minimum absolute atomic E-state index is 0.0586. The van der Waals surface area contributed by atoms with Gasteiger partial charge in [0.2, 0.25) is 0 Å². The second-order valence-electron chi connectivity index (χ2n) is 5.01. The normalized spacial score (nSPS) is 14.3. The van der Waals surface area contributed by atoms with Gasteiger partial charge < -0.3 is 5.32 Å². The minimum atomic E-state index is -3.33. The van der Waals surface area contributed by atoms with Gasteiger partial charge in [0.25, 0.3) is 10.2 Å². The van der Waals surface area contributed by atoms with Crippen molar-refractivity contribution in [1.29, 1.82) is 0 Å². The average molecular weight is 293 g/mol. The Bertz CT molecular complexity index is 320. The summed E-state index contributed by atoms with van der Waals surface area (Å²) in [5.41, 5.74) is 0. The van der Waals surface area contributed by atoms with Gasteiger partial charge in [-0.3, -0.25) is 0 Å². The van der Waals surface area contributed by atoms with E-state index in [4.69, 9.17) is 0 Å². The predicted octanol–water partition coefficient (Wildman–Crippen LogP) is 1.67. The van der Waals surface area contributed by atoms with Gasteiger partial charge in [-0.15, -0.1) is 0 Å². The third kappa shape index (κ3) is 6.21. The lowest BCUT2D eigenvalue weighted by Crippen LogP contribution is -2.47. The quantitative estimate of drug-likeness (QED) is 0.590. The fourth-order valence-corrected chi connectivity index (χ4v) is 3.54. The number of rotatable bonds is 11. The molecular formula is C13H31N3O2S. The lowest BCUT2D eigenvalue weighted by molar-refractivity contribution is 0.295. The molecule has 0 spiro atoms. The summed E-state index contributed by atoms with van der Waals surface area (Å²) in [5.74, 6) is 0. The maximum absolute atomic E-state index is 12.6. The average Bonchev–Trinajstić information content (AvgIpc) is 2.38. The predicted molar refractivity (Wildman–Crippen MR) is 81.5 cm³/mol. The third-order valence-corrected chi connectivity index (χ3v) is 5.51. The van der Waals surface area contributed by atoms with E-state index in [9.17, 15) is 8.42 Å². The summed E-state index contributed by atoms with van der Waals surface area (Å²) in [6, 6.07) is 0.0586. The van der Waals surface area contributed by atoms with Gasteiger partial charge in [0, 0.05) is 26.2 Å². The van der Waals surface area contributed by atoms with Gasteiger partial charge in [-0.1, -0.05) is 20.3 Å². The molecule has 1 atom stereocenters. The van der Waals surface area contributed by atoms with Crippen LogP contribution in [0.15, 0.2) is 0 Å². The fraction of sp³-hybridized carbons (Fsp3) is 1.00. The van der Waals surface area contributed by atoms with E-state index in [0.29, 0.717) is 13.1 Å². The molecule has 0 aromatic rings. The van der Waals surface area contributed by atoms with Crippen LogP contribution < -0.4 is 5.32 Å². The van der Waals surface area contributed by atoms with Crippen LogP contribution in [0.25, 0.3) is 0 Å². The summed E-state index contributed by atoms with van der Waals surface area (Å²) in [6.07, 6.45) is 3.58. The first-order valence-corrected chi connectivity index (χ1v) is 8.69. The summed E-state index contributed by atoms with van der Waals surface area (Å²) >= 11 is 0. The number of nitrogens with zero attached hydrogens (tertiary/aromatic N) is 2. The molecule has 0 aromatic heterocycles. The minimum Gasteiger partial charge on any atom is -0.320 e. The van der Waals surface area contributed by atoms with Crippen LogP contribution in [-0.4, -0.2) is 56.8 Å². The summed E-state index contributed by atoms with van der Waals surface area (Å²) in [7, 11) is 0.223. The molecule has 0 saturated heterocycles. The monoisotopic (exact) mass is 293 g/mol. The maximum atomic E-state index is 12.6. The first-order valence-electron chi connectivity index (χ1n) is 7.29. The molecule has 0 aliphatic heterocycles. The van der Waals surface area contributed by atoms with E-state index in [-0.39, 0.29) is 6.04 Å². The van der Waals surface area contributed by atoms with Gasteiger partial charge >= 0.3 is 0 Å². The molecule has 0 bridgehead atoms. The summed E-state index contributed by atoms with van der Waals surface area (Å²) in [5, 5.41) is 3.04. The van der Waals surface area contributed by atoms with Crippen LogP contribution in [0.1, 0.15) is 46.5 Å². The van der Waals surface area contributed by atoms with Crippen molar-refractivity contribution in [2.75, 3.05) is 33.7 Å². The Labute approximate surface area is 119 Å². The van der Waals surface area contributed by atoms with E-state index in [0.717, 1.165) is 32.2 Å². The highest BCUT2D eigenvalue weighted by molar-refractivity contribution is 7.86. The van der Waals surface area contributed by atoms with E-state index in [2.05, 4.69) is 12.2 Å². The molecule has 5 nitrogen and oxygen atoms in total. The zero-order valence-corrected chi connectivity index (χ0v) is 14.0. The summed E-state index contributed by atoms with van der Waals surface area (Å²) in [4.78, 5) is 0. The number of hydrogen-bond acceptors (Lipinski definition) is 3. The Morgan fingerprint density at radius 3 is 2.26 bits per heavy atom. The Morgan fingerprint density at radius 2 is 1.79 bits per heavy atom. The van der Waals surface area contributed by atoms with Crippen LogP contribution >= 0.6 is 0 Å². The van der Waals surface area contributed by atoms with Crippen molar-refractivity contribution in [2.45, 2.75) is 52.5 Å². The van der Waals surface area contributed by atoms with Crippen LogP contribution in [0.4, 0.5) is 0 Å². The van der Waals surface area contributed by atoms with Crippen LogP contribution in [0.5, 0.6) is 0 Å². The summed E-state index contributed by atoms with van der Waals surface area (Å²) < 4.78 is 28.3. The Kier molecular flexibility index (Phi) is 9.60. The molecule has 0 fully saturated rings. The second-order valence-corrected chi connectivity index (χ2v) is 7.00. The van der Waals surface area contributed by atoms with Crippen molar-refractivity contribution in [1.82, 2.24) is 13.9 Å². The first kappa shape index (κ1) is 18.8. The second kappa shape index (κ2) is 9.69. The molecule has 0 aliphatic rings. The van der Waals surface area contributed by atoms with Gasteiger partial charge in [-0.25, -0.2) is 0 Å². The summed E-state index contributed by atoms with van der Waals surface area (Å²) in [6.45, 7) is 8.09. The molecule has 6 heteroatoms. The largest absolute Gasteiger partial charge is 0.320 e. The number of unbranched alkanes of at least 4 members (excludes halogenated alkanes) is 1. The number of hydrogen-bond donors (Lipinski definition) is 1. The SMILES string of the molecule is CCCCN(C(C)CC)S(=O)(=O)N(C)CCCNC. The van der Waals surface area contributed by atoms with Crippen molar-refractivity contribution in [3.63, 3.8) is 0 Å². The van der Waals surface area contributed by atoms with Crippen molar-refractivity contribution in [2.24, 2.45) is 0 Å².